The van der Waals surface area contributed by atoms with Crippen LogP contribution in [0.5, 0.6) is 0 Å². The molecule has 3 nitrogen and oxygen atoms in total. The molecule has 0 aliphatic carbocycles. The number of aliphatic hydroxyl groups is 1. The first-order valence-electron chi connectivity index (χ1n) is 6.10. The number of aliphatic hydroxyl groups excluding tert-OH is 1. The van der Waals surface area contributed by atoms with Gasteiger partial charge in [-0.1, -0.05) is 0 Å². The zero-order valence-electron chi connectivity index (χ0n) is 9.91. The Morgan fingerprint density at radius 1 is 1.53 bits per heavy atom. The molecule has 0 radical (unpaired) electrons. The van der Waals surface area contributed by atoms with Crippen molar-refractivity contribution in [3.05, 3.63) is 0 Å². The van der Waals surface area contributed by atoms with E-state index in [1.54, 1.807) is 0 Å². The first kappa shape index (κ1) is 11.4. The highest BCUT2D eigenvalue weighted by molar-refractivity contribution is 4.90. The summed E-state index contributed by atoms with van der Waals surface area (Å²) in [7, 11) is 0. The van der Waals surface area contributed by atoms with E-state index in [0.717, 1.165) is 32.7 Å². The summed E-state index contributed by atoms with van der Waals surface area (Å²) in [5, 5.41) is 10.1. The molecule has 2 aliphatic heterocycles. The van der Waals surface area contributed by atoms with Crippen LogP contribution in [-0.4, -0.2) is 48.0 Å². The van der Waals surface area contributed by atoms with Crippen LogP contribution in [0.1, 0.15) is 33.1 Å². The molecule has 0 aromatic heterocycles. The molecule has 2 rings (SSSR count). The summed E-state index contributed by atoms with van der Waals surface area (Å²) in [5.74, 6) is 0.362. The van der Waals surface area contributed by atoms with Crippen LogP contribution in [0.2, 0.25) is 0 Å². The Morgan fingerprint density at radius 2 is 2.33 bits per heavy atom. The van der Waals surface area contributed by atoms with E-state index in [-0.39, 0.29) is 11.6 Å². The van der Waals surface area contributed by atoms with Crippen molar-refractivity contribution in [1.29, 1.82) is 0 Å². The van der Waals surface area contributed by atoms with Gasteiger partial charge in [0.2, 0.25) is 0 Å². The van der Waals surface area contributed by atoms with Crippen molar-refractivity contribution in [1.82, 2.24) is 4.90 Å². The molecule has 0 saturated carbocycles. The van der Waals surface area contributed by atoms with Gasteiger partial charge in [0, 0.05) is 24.6 Å². The number of ether oxygens (including phenoxy) is 1. The second-order valence-corrected chi connectivity index (χ2v) is 5.55. The monoisotopic (exact) mass is 213 g/mol. The predicted molar refractivity (Wildman–Crippen MR) is 59.8 cm³/mol. The third-order valence-electron chi connectivity index (χ3n) is 3.99. The van der Waals surface area contributed by atoms with Gasteiger partial charge in [-0.05, 0) is 39.7 Å². The van der Waals surface area contributed by atoms with Crippen molar-refractivity contribution in [2.24, 2.45) is 5.92 Å². The molecule has 0 spiro atoms. The van der Waals surface area contributed by atoms with Crippen LogP contribution in [-0.2, 0) is 4.74 Å². The fourth-order valence-electron chi connectivity index (χ4n) is 2.73. The maximum Gasteiger partial charge on any atom is 0.0718 e. The second kappa shape index (κ2) is 4.40. The summed E-state index contributed by atoms with van der Waals surface area (Å²) in [6.07, 6.45) is 3.34. The normalized spacial score (nSPS) is 33.4. The molecule has 2 saturated heterocycles. The molecule has 2 unspecified atom stereocenters. The highest BCUT2D eigenvalue weighted by Crippen LogP contribution is 2.29. The van der Waals surface area contributed by atoms with E-state index in [9.17, 15) is 5.11 Å². The van der Waals surface area contributed by atoms with Gasteiger partial charge in [-0.2, -0.15) is 0 Å². The topological polar surface area (TPSA) is 32.7 Å². The van der Waals surface area contributed by atoms with E-state index in [2.05, 4.69) is 18.7 Å². The number of hydrogen-bond donors (Lipinski definition) is 1. The number of β-amino-alcohol motifs (C(OH)–C–C–N with tert-alkyl or cyclic N) is 1. The molecule has 15 heavy (non-hydrogen) atoms. The van der Waals surface area contributed by atoms with E-state index in [1.807, 2.05) is 0 Å². The third kappa shape index (κ3) is 2.52. The molecular weight excluding hydrogens is 190 g/mol. The molecular formula is C12H23NO2. The molecule has 1 N–H and O–H groups in total. The van der Waals surface area contributed by atoms with Gasteiger partial charge in [0.25, 0.3) is 0 Å². The minimum Gasteiger partial charge on any atom is -0.391 e. The second-order valence-electron chi connectivity index (χ2n) is 5.55. The average Bonchev–Trinajstić information content (AvgIpc) is 2.76. The lowest BCUT2D eigenvalue weighted by Gasteiger charge is -2.34. The fraction of sp³-hybridized carbons (Fsp3) is 1.00. The lowest BCUT2D eigenvalue weighted by molar-refractivity contribution is 0.0358. The van der Waals surface area contributed by atoms with Gasteiger partial charge in [-0.3, -0.25) is 4.90 Å². The van der Waals surface area contributed by atoms with Crippen molar-refractivity contribution >= 4 is 0 Å². The number of likely N-dealkylation sites (tertiary alicyclic amines) is 1. The van der Waals surface area contributed by atoms with Crippen molar-refractivity contribution in [3.63, 3.8) is 0 Å². The molecule has 0 amide bonds. The van der Waals surface area contributed by atoms with E-state index < -0.39 is 0 Å². The van der Waals surface area contributed by atoms with Crippen molar-refractivity contribution in [2.75, 3.05) is 26.3 Å². The van der Waals surface area contributed by atoms with Crippen LogP contribution < -0.4 is 0 Å². The van der Waals surface area contributed by atoms with Crippen LogP contribution in [0.3, 0.4) is 0 Å². The van der Waals surface area contributed by atoms with Crippen LogP contribution in [0, 0.1) is 5.92 Å². The zero-order chi connectivity index (χ0) is 10.9. The van der Waals surface area contributed by atoms with Crippen LogP contribution >= 0.6 is 0 Å². The van der Waals surface area contributed by atoms with Crippen LogP contribution in [0.25, 0.3) is 0 Å². The average molecular weight is 213 g/mol. The lowest BCUT2D eigenvalue weighted by Crippen LogP contribution is -2.44. The zero-order valence-corrected chi connectivity index (χ0v) is 9.91. The van der Waals surface area contributed by atoms with Gasteiger partial charge in [0.15, 0.2) is 0 Å². The maximum absolute atomic E-state index is 10.1. The SMILES string of the molecule is CC1(C)CCCN1CC(O)C1CCOC1. The minimum atomic E-state index is -0.204. The fourth-order valence-corrected chi connectivity index (χ4v) is 2.73. The van der Waals surface area contributed by atoms with Gasteiger partial charge in [0.1, 0.15) is 0 Å². The number of hydrogen-bond acceptors (Lipinski definition) is 3. The first-order valence-corrected chi connectivity index (χ1v) is 6.10. The summed E-state index contributed by atoms with van der Waals surface area (Å²) in [6.45, 7) is 8.08. The molecule has 2 heterocycles. The smallest absolute Gasteiger partial charge is 0.0718 e. The highest BCUT2D eigenvalue weighted by Gasteiger charge is 2.35. The van der Waals surface area contributed by atoms with Gasteiger partial charge in [0.05, 0.1) is 12.7 Å². The summed E-state index contributed by atoms with van der Waals surface area (Å²) in [6, 6.07) is 0. The standard InChI is InChI=1S/C12H23NO2/c1-12(2)5-3-6-13(12)8-11(14)10-4-7-15-9-10/h10-11,14H,3-9H2,1-2H3. The predicted octanol–water partition coefficient (Wildman–Crippen LogP) is 1.26. The third-order valence-corrected chi connectivity index (χ3v) is 3.99. The molecule has 2 atom stereocenters. The Balaban J connectivity index is 1.85. The Labute approximate surface area is 92.4 Å². The Kier molecular flexibility index (Phi) is 3.33. The molecule has 3 heteroatoms. The molecule has 88 valence electrons. The largest absolute Gasteiger partial charge is 0.391 e. The molecule has 0 aromatic rings. The quantitative estimate of drug-likeness (QED) is 0.766. The van der Waals surface area contributed by atoms with Gasteiger partial charge < -0.3 is 9.84 Å². The summed E-state index contributed by atoms with van der Waals surface area (Å²) < 4.78 is 5.32. The summed E-state index contributed by atoms with van der Waals surface area (Å²) >= 11 is 0. The summed E-state index contributed by atoms with van der Waals surface area (Å²) in [5.41, 5.74) is 0.278. The van der Waals surface area contributed by atoms with E-state index in [1.165, 1.54) is 12.8 Å². The Hall–Kier alpha value is -0.120. The lowest BCUT2D eigenvalue weighted by atomic mass is 9.98. The van der Waals surface area contributed by atoms with E-state index in [0.29, 0.717) is 5.92 Å². The highest BCUT2D eigenvalue weighted by atomic mass is 16.5. The molecule has 0 aromatic carbocycles. The maximum atomic E-state index is 10.1. The first-order chi connectivity index (χ1) is 7.09. The van der Waals surface area contributed by atoms with E-state index >= 15 is 0 Å². The van der Waals surface area contributed by atoms with Crippen molar-refractivity contribution < 1.29 is 9.84 Å². The van der Waals surface area contributed by atoms with Gasteiger partial charge in [-0.25, -0.2) is 0 Å². The van der Waals surface area contributed by atoms with E-state index in [4.69, 9.17) is 4.74 Å². The van der Waals surface area contributed by atoms with Gasteiger partial charge in [-0.15, -0.1) is 0 Å². The van der Waals surface area contributed by atoms with Crippen LogP contribution in [0.4, 0.5) is 0 Å². The Morgan fingerprint density at radius 3 is 2.87 bits per heavy atom. The minimum absolute atomic E-state index is 0.204. The van der Waals surface area contributed by atoms with Crippen molar-refractivity contribution in [2.45, 2.75) is 44.8 Å². The Bertz CT molecular complexity index is 212. The van der Waals surface area contributed by atoms with Crippen LogP contribution in [0.15, 0.2) is 0 Å². The van der Waals surface area contributed by atoms with Gasteiger partial charge >= 0.3 is 0 Å². The molecule has 2 fully saturated rings. The number of nitrogens with zero attached hydrogens (tertiary/aromatic N) is 1. The van der Waals surface area contributed by atoms with Crippen molar-refractivity contribution in [3.8, 4) is 0 Å². The summed E-state index contributed by atoms with van der Waals surface area (Å²) in [4.78, 5) is 2.43. The molecule has 2 aliphatic rings. The molecule has 0 bridgehead atoms. The number of rotatable bonds is 3.